The summed E-state index contributed by atoms with van der Waals surface area (Å²) >= 11 is 0. The van der Waals surface area contributed by atoms with Crippen LogP contribution in [-0.4, -0.2) is 38.7 Å². The zero-order valence-corrected chi connectivity index (χ0v) is 14.5. The Bertz CT molecular complexity index is 746. The van der Waals surface area contributed by atoms with Crippen molar-refractivity contribution < 1.29 is 13.2 Å². The maximum absolute atomic E-state index is 12.1. The molecule has 5 nitrogen and oxygen atoms in total. The molecule has 0 aromatic heterocycles. The van der Waals surface area contributed by atoms with Crippen molar-refractivity contribution in [2.75, 3.05) is 19.3 Å². The van der Waals surface area contributed by atoms with E-state index in [0.29, 0.717) is 24.4 Å². The Balaban J connectivity index is 1.74. The van der Waals surface area contributed by atoms with Crippen LogP contribution in [-0.2, 0) is 16.4 Å². The minimum absolute atomic E-state index is 0.0136. The van der Waals surface area contributed by atoms with Crippen LogP contribution in [0.25, 0.3) is 0 Å². The van der Waals surface area contributed by atoms with Crippen LogP contribution in [0.3, 0.4) is 0 Å². The molecule has 0 bridgehead atoms. The molecule has 24 heavy (non-hydrogen) atoms. The molecule has 0 spiro atoms. The minimum Gasteiger partial charge on any atom is -0.338 e. The van der Waals surface area contributed by atoms with Gasteiger partial charge in [-0.3, -0.25) is 0 Å². The van der Waals surface area contributed by atoms with Crippen molar-refractivity contribution in [2.45, 2.75) is 17.9 Å². The van der Waals surface area contributed by atoms with Gasteiger partial charge in [-0.1, -0.05) is 48.5 Å². The largest absolute Gasteiger partial charge is 0.338 e. The number of benzene rings is 2. The third-order valence-corrected chi connectivity index (χ3v) is 5.39. The highest BCUT2D eigenvalue weighted by molar-refractivity contribution is 7.91. The fourth-order valence-electron chi connectivity index (χ4n) is 2.27. The summed E-state index contributed by atoms with van der Waals surface area (Å²) in [5, 5.41) is 2.75. The quantitative estimate of drug-likeness (QED) is 0.784. The number of urea groups is 1. The second-order valence-electron chi connectivity index (χ2n) is 5.56. The number of hydrogen-bond donors (Lipinski definition) is 1. The van der Waals surface area contributed by atoms with Gasteiger partial charge in [0.15, 0.2) is 9.84 Å². The maximum atomic E-state index is 12.1. The van der Waals surface area contributed by atoms with Gasteiger partial charge in [-0.05, 0) is 24.1 Å². The van der Waals surface area contributed by atoms with Crippen LogP contribution in [0.5, 0.6) is 0 Å². The molecule has 0 saturated carbocycles. The molecule has 2 aromatic carbocycles. The van der Waals surface area contributed by atoms with E-state index in [-0.39, 0.29) is 11.8 Å². The first kappa shape index (κ1) is 18.0. The normalized spacial score (nSPS) is 11.0. The van der Waals surface area contributed by atoms with Crippen molar-refractivity contribution in [1.82, 2.24) is 10.2 Å². The van der Waals surface area contributed by atoms with Gasteiger partial charge in [-0.25, -0.2) is 13.2 Å². The minimum atomic E-state index is -3.29. The van der Waals surface area contributed by atoms with E-state index in [1.807, 2.05) is 30.3 Å². The lowest BCUT2D eigenvalue weighted by molar-refractivity contribution is 0.207. The summed E-state index contributed by atoms with van der Waals surface area (Å²) in [5.41, 5.74) is 1.04. The molecule has 2 aromatic rings. The maximum Gasteiger partial charge on any atom is 0.317 e. The molecule has 0 saturated heterocycles. The van der Waals surface area contributed by atoms with Gasteiger partial charge < -0.3 is 10.2 Å². The Kier molecular flexibility index (Phi) is 6.37. The zero-order chi connectivity index (χ0) is 17.4. The molecule has 6 heteroatoms. The van der Waals surface area contributed by atoms with Gasteiger partial charge in [-0.2, -0.15) is 0 Å². The van der Waals surface area contributed by atoms with Gasteiger partial charge in [0.05, 0.1) is 10.6 Å². The summed E-state index contributed by atoms with van der Waals surface area (Å²) in [6.07, 6.45) is 0.377. The fourth-order valence-corrected chi connectivity index (χ4v) is 3.60. The van der Waals surface area contributed by atoms with Gasteiger partial charge in [-0.15, -0.1) is 0 Å². The highest BCUT2D eigenvalue weighted by Gasteiger charge is 2.14. The predicted molar refractivity (Wildman–Crippen MR) is 94.4 cm³/mol. The first-order valence-electron chi connectivity index (χ1n) is 7.80. The first-order chi connectivity index (χ1) is 11.5. The lowest BCUT2D eigenvalue weighted by Crippen LogP contribution is -2.37. The number of nitrogens with zero attached hydrogens (tertiary/aromatic N) is 1. The van der Waals surface area contributed by atoms with Crippen molar-refractivity contribution in [2.24, 2.45) is 0 Å². The van der Waals surface area contributed by atoms with Gasteiger partial charge in [0.2, 0.25) is 0 Å². The molecule has 0 unspecified atom stereocenters. The summed E-state index contributed by atoms with van der Waals surface area (Å²) in [5.74, 6) is 0.0136. The fraction of sp³-hybridized carbons (Fsp3) is 0.278. The van der Waals surface area contributed by atoms with E-state index in [1.54, 1.807) is 42.3 Å². The monoisotopic (exact) mass is 346 g/mol. The average molecular weight is 346 g/mol. The Morgan fingerprint density at radius 1 is 1.00 bits per heavy atom. The van der Waals surface area contributed by atoms with E-state index < -0.39 is 9.84 Å². The molecule has 0 aliphatic rings. The molecule has 0 atom stereocenters. The molecule has 128 valence electrons. The highest BCUT2D eigenvalue weighted by Crippen LogP contribution is 2.10. The summed E-state index contributed by atoms with van der Waals surface area (Å²) in [6, 6.07) is 17.8. The van der Waals surface area contributed by atoms with E-state index in [9.17, 15) is 13.2 Å². The van der Waals surface area contributed by atoms with Gasteiger partial charge in [0.25, 0.3) is 0 Å². The third-order valence-electron chi connectivity index (χ3n) is 3.58. The molecule has 0 aliphatic carbocycles. The number of hydrogen-bond acceptors (Lipinski definition) is 3. The van der Waals surface area contributed by atoms with Crippen LogP contribution in [0.2, 0.25) is 0 Å². The summed E-state index contributed by atoms with van der Waals surface area (Å²) in [4.78, 5) is 13.9. The highest BCUT2D eigenvalue weighted by atomic mass is 32.2. The topological polar surface area (TPSA) is 66.5 Å². The molecule has 2 amide bonds. The Labute approximate surface area is 143 Å². The third kappa shape index (κ3) is 5.38. The molecular formula is C18H22N2O3S. The standard InChI is InChI=1S/C18H22N2O3S/c1-20(15-16-9-4-2-5-10-16)18(21)19-13-8-14-24(22,23)17-11-6-3-7-12-17/h2-7,9-12H,8,13-15H2,1H3,(H,19,21). The van der Waals surface area contributed by atoms with E-state index in [1.165, 1.54) is 0 Å². The number of carbonyl (C=O) groups is 1. The van der Waals surface area contributed by atoms with Crippen LogP contribution in [0.1, 0.15) is 12.0 Å². The van der Waals surface area contributed by atoms with E-state index >= 15 is 0 Å². The molecule has 0 fully saturated rings. The average Bonchev–Trinajstić information content (AvgIpc) is 2.60. The van der Waals surface area contributed by atoms with Crippen molar-refractivity contribution in [3.8, 4) is 0 Å². The van der Waals surface area contributed by atoms with Crippen molar-refractivity contribution >= 4 is 15.9 Å². The first-order valence-corrected chi connectivity index (χ1v) is 9.45. The number of nitrogens with one attached hydrogen (secondary N) is 1. The smallest absolute Gasteiger partial charge is 0.317 e. The summed E-state index contributed by atoms with van der Waals surface area (Å²) in [7, 11) is -1.58. The van der Waals surface area contributed by atoms with Crippen LogP contribution < -0.4 is 5.32 Å². The SMILES string of the molecule is CN(Cc1ccccc1)C(=O)NCCCS(=O)(=O)c1ccccc1. The second-order valence-corrected chi connectivity index (χ2v) is 7.67. The lowest BCUT2D eigenvalue weighted by Gasteiger charge is -2.18. The molecular weight excluding hydrogens is 324 g/mol. The molecule has 1 N–H and O–H groups in total. The Morgan fingerprint density at radius 3 is 2.21 bits per heavy atom. The molecule has 2 rings (SSSR count). The van der Waals surface area contributed by atoms with Gasteiger partial charge >= 0.3 is 6.03 Å². The second kappa shape index (κ2) is 8.49. The van der Waals surface area contributed by atoms with Crippen molar-refractivity contribution in [1.29, 1.82) is 0 Å². The lowest BCUT2D eigenvalue weighted by atomic mass is 10.2. The van der Waals surface area contributed by atoms with Crippen LogP contribution in [0.4, 0.5) is 4.79 Å². The van der Waals surface area contributed by atoms with Crippen LogP contribution in [0, 0.1) is 0 Å². The Hall–Kier alpha value is -2.34. The van der Waals surface area contributed by atoms with Crippen molar-refractivity contribution in [3.05, 3.63) is 66.2 Å². The number of sulfone groups is 1. The molecule has 0 aliphatic heterocycles. The van der Waals surface area contributed by atoms with Crippen LogP contribution >= 0.6 is 0 Å². The summed E-state index contributed by atoms with van der Waals surface area (Å²) in [6.45, 7) is 0.832. The van der Waals surface area contributed by atoms with Gasteiger partial charge in [0, 0.05) is 20.1 Å². The number of rotatable bonds is 7. The number of carbonyl (C=O) groups excluding carboxylic acids is 1. The summed E-state index contributed by atoms with van der Waals surface area (Å²) < 4.78 is 24.3. The van der Waals surface area contributed by atoms with E-state index in [2.05, 4.69) is 5.32 Å². The van der Waals surface area contributed by atoms with E-state index in [0.717, 1.165) is 5.56 Å². The Morgan fingerprint density at radius 2 is 1.58 bits per heavy atom. The molecule has 0 heterocycles. The van der Waals surface area contributed by atoms with Gasteiger partial charge in [0.1, 0.15) is 0 Å². The van der Waals surface area contributed by atoms with Crippen LogP contribution in [0.15, 0.2) is 65.6 Å². The van der Waals surface area contributed by atoms with E-state index in [4.69, 9.17) is 0 Å². The molecule has 0 radical (unpaired) electrons. The predicted octanol–water partition coefficient (Wildman–Crippen LogP) is 2.69. The number of amides is 2. The zero-order valence-electron chi connectivity index (χ0n) is 13.7. The van der Waals surface area contributed by atoms with Crippen molar-refractivity contribution in [3.63, 3.8) is 0 Å².